The number of aromatic nitrogens is 4. The van der Waals surface area contributed by atoms with Crippen molar-refractivity contribution in [1.29, 1.82) is 0 Å². The van der Waals surface area contributed by atoms with E-state index in [4.69, 9.17) is 13.9 Å². The normalized spacial score (nSPS) is 11.1. The lowest BCUT2D eigenvalue weighted by molar-refractivity contribution is -0.113. The van der Waals surface area contributed by atoms with Crippen molar-refractivity contribution in [2.75, 3.05) is 24.3 Å². The van der Waals surface area contributed by atoms with Crippen LogP contribution in [-0.4, -0.2) is 44.6 Å². The van der Waals surface area contributed by atoms with Crippen LogP contribution in [0, 0.1) is 0 Å². The molecule has 184 valence electrons. The lowest BCUT2D eigenvalue weighted by atomic mass is 10.3. The highest BCUT2D eigenvalue weighted by Gasteiger charge is 2.19. The number of hydrogen-bond acceptors (Lipinski definition) is 9. The van der Waals surface area contributed by atoms with E-state index in [1.54, 1.807) is 12.3 Å². The van der Waals surface area contributed by atoms with Gasteiger partial charge in [-0.15, -0.1) is 10.2 Å². The number of hydrogen-bond donors (Lipinski definition) is 1. The number of carbonyl (C=O) groups is 1. The zero-order chi connectivity index (χ0) is 24.9. The number of fused-ring (bicyclic) bond motifs is 1. The van der Waals surface area contributed by atoms with E-state index in [0.29, 0.717) is 35.1 Å². The van der Waals surface area contributed by atoms with Crippen molar-refractivity contribution in [3.05, 3.63) is 60.9 Å². The van der Waals surface area contributed by atoms with Gasteiger partial charge in [0.15, 0.2) is 16.0 Å². The number of anilines is 1. The van der Waals surface area contributed by atoms with Crippen LogP contribution in [0.4, 0.5) is 5.13 Å². The Hall–Kier alpha value is -3.83. The number of furan rings is 1. The first-order valence-electron chi connectivity index (χ1n) is 11.3. The number of rotatable bonds is 10. The molecule has 3 heterocycles. The molecule has 0 radical (unpaired) electrons. The molecular formula is C25H23N5O4S2. The van der Waals surface area contributed by atoms with Crippen molar-refractivity contribution in [3.63, 3.8) is 0 Å². The summed E-state index contributed by atoms with van der Waals surface area (Å²) in [6, 6.07) is 16.9. The standard InChI is InChI=1S/C25H23N5O4S2/c1-3-32-17-9-7-16(8-10-17)30-23(20-6-5-13-34-20)28-29-25(30)35-15-22(31)27-24-26-19-12-11-18(33-4-2)14-21(19)36-24/h5-14H,3-4,15H2,1-2H3,(H,26,27,31). The highest BCUT2D eigenvalue weighted by molar-refractivity contribution is 7.99. The summed E-state index contributed by atoms with van der Waals surface area (Å²) in [5.74, 6) is 2.62. The maximum absolute atomic E-state index is 12.7. The third-order valence-corrected chi connectivity index (χ3v) is 6.89. The Balaban J connectivity index is 1.33. The highest BCUT2D eigenvalue weighted by atomic mass is 32.2. The Bertz CT molecular complexity index is 1460. The lowest BCUT2D eigenvalue weighted by Crippen LogP contribution is -2.14. The Morgan fingerprint density at radius 1 is 1.06 bits per heavy atom. The second kappa shape index (κ2) is 10.8. The number of thioether (sulfide) groups is 1. The van der Waals surface area contributed by atoms with Gasteiger partial charge in [0.25, 0.3) is 0 Å². The molecule has 11 heteroatoms. The summed E-state index contributed by atoms with van der Waals surface area (Å²) in [7, 11) is 0. The first kappa shape index (κ1) is 23.9. The summed E-state index contributed by atoms with van der Waals surface area (Å²) in [4.78, 5) is 17.2. The molecule has 0 fully saturated rings. The first-order valence-corrected chi connectivity index (χ1v) is 13.1. The van der Waals surface area contributed by atoms with Crippen LogP contribution in [-0.2, 0) is 4.79 Å². The highest BCUT2D eigenvalue weighted by Crippen LogP contribution is 2.31. The van der Waals surface area contributed by atoms with Gasteiger partial charge in [0.05, 0.1) is 41.1 Å². The summed E-state index contributed by atoms with van der Waals surface area (Å²) < 4.78 is 19.5. The van der Waals surface area contributed by atoms with E-state index < -0.39 is 0 Å². The molecule has 0 aliphatic heterocycles. The number of amides is 1. The molecule has 0 saturated heterocycles. The number of carbonyl (C=O) groups excluding carboxylic acids is 1. The van der Waals surface area contributed by atoms with Crippen LogP contribution in [0.1, 0.15) is 13.8 Å². The van der Waals surface area contributed by atoms with Gasteiger partial charge in [-0.05, 0) is 68.4 Å². The summed E-state index contributed by atoms with van der Waals surface area (Å²) in [5.41, 5.74) is 1.64. The minimum atomic E-state index is -0.190. The molecule has 0 spiro atoms. The van der Waals surface area contributed by atoms with E-state index in [1.807, 2.05) is 66.9 Å². The molecule has 0 saturated carbocycles. The Morgan fingerprint density at radius 3 is 2.58 bits per heavy atom. The summed E-state index contributed by atoms with van der Waals surface area (Å²) in [5, 5.41) is 12.6. The van der Waals surface area contributed by atoms with Gasteiger partial charge in [-0.2, -0.15) is 0 Å². The topological polar surface area (TPSA) is 104 Å². The van der Waals surface area contributed by atoms with Gasteiger partial charge >= 0.3 is 0 Å². The first-order chi connectivity index (χ1) is 17.6. The van der Waals surface area contributed by atoms with Crippen molar-refractivity contribution in [1.82, 2.24) is 19.7 Å². The number of thiazole rings is 1. The number of ether oxygens (including phenoxy) is 2. The van der Waals surface area contributed by atoms with Crippen molar-refractivity contribution >= 4 is 44.4 Å². The number of nitrogens with one attached hydrogen (secondary N) is 1. The van der Waals surface area contributed by atoms with Gasteiger partial charge in [0.1, 0.15) is 11.5 Å². The van der Waals surface area contributed by atoms with Gasteiger partial charge in [-0.1, -0.05) is 23.1 Å². The van der Waals surface area contributed by atoms with Crippen LogP contribution in [0.2, 0.25) is 0 Å². The molecule has 0 aliphatic carbocycles. The molecule has 1 amide bonds. The summed E-state index contributed by atoms with van der Waals surface area (Å²) in [6.45, 7) is 5.06. The fourth-order valence-corrected chi connectivity index (χ4v) is 5.18. The Morgan fingerprint density at radius 2 is 1.83 bits per heavy atom. The predicted octanol–water partition coefficient (Wildman–Crippen LogP) is 5.67. The molecule has 3 aromatic heterocycles. The summed E-state index contributed by atoms with van der Waals surface area (Å²) >= 11 is 2.68. The van der Waals surface area contributed by atoms with E-state index in [9.17, 15) is 4.79 Å². The van der Waals surface area contributed by atoms with Gasteiger partial charge < -0.3 is 19.2 Å². The second-order valence-corrected chi connectivity index (χ2v) is 9.44. The lowest BCUT2D eigenvalue weighted by Gasteiger charge is -2.10. The molecule has 36 heavy (non-hydrogen) atoms. The smallest absolute Gasteiger partial charge is 0.236 e. The minimum absolute atomic E-state index is 0.132. The fraction of sp³-hybridized carbons (Fsp3) is 0.200. The quantitative estimate of drug-likeness (QED) is 0.235. The van der Waals surface area contributed by atoms with Crippen LogP contribution in [0.3, 0.4) is 0 Å². The Labute approximate surface area is 215 Å². The molecule has 5 rings (SSSR count). The van der Waals surface area contributed by atoms with Crippen LogP contribution in [0.25, 0.3) is 27.5 Å². The molecule has 0 aliphatic rings. The van der Waals surface area contributed by atoms with Crippen LogP contribution >= 0.6 is 23.1 Å². The third kappa shape index (κ3) is 5.21. The zero-order valence-corrected chi connectivity index (χ0v) is 21.3. The van der Waals surface area contributed by atoms with Crippen molar-refractivity contribution in [2.45, 2.75) is 19.0 Å². The van der Waals surface area contributed by atoms with Crippen molar-refractivity contribution < 1.29 is 18.7 Å². The van der Waals surface area contributed by atoms with Gasteiger partial charge in [-0.25, -0.2) is 4.98 Å². The van der Waals surface area contributed by atoms with Gasteiger partial charge in [-0.3, -0.25) is 9.36 Å². The second-order valence-electron chi connectivity index (χ2n) is 7.46. The van der Waals surface area contributed by atoms with Crippen LogP contribution < -0.4 is 14.8 Å². The SMILES string of the molecule is CCOc1ccc(-n2c(SCC(=O)Nc3nc4ccc(OCC)cc4s3)nnc2-c2ccco2)cc1. The number of nitrogens with zero attached hydrogens (tertiary/aromatic N) is 4. The molecule has 0 atom stereocenters. The fourth-order valence-electron chi connectivity index (χ4n) is 3.52. The van der Waals surface area contributed by atoms with Crippen LogP contribution in [0.15, 0.2) is 70.4 Å². The summed E-state index contributed by atoms with van der Waals surface area (Å²) in [6.07, 6.45) is 1.59. The monoisotopic (exact) mass is 521 g/mol. The average molecular weight is 522 g/mol. The predicted molar refractivity (Wildman–Crippen MR) is 140 cm³/mol. The minimum Gasteiger partial charge on any atom is -0.494 e. The number of benzene rings is 2. The molecule has 0 bridgehead atoms. The molecule has 1 N–H and O–H groups in total. The van der Waals surface area contributed by atoms with Gasteiger partial charge in [0.2, 0.25) is 11.7 Å². The van der Waals surface area contributed by atoms with Crippen LogP contribution in [0.5, 0.6) is 11.5 Å². The molecule has 2 aromatic carbocycles. The van der Waals surface area contributed by atoms with Crippen molar-refractivity contribution in [3.8, 4) is 28.8 Å². The molecule has 0 unspecified atom stereocenters. The van der Waals surface area contributed by atoms with E-state index in [-0.39, 0.29) is 11.7 Å². The van der Waals surface area contributed by atoms with E-state index in [2.05, 4.69) is 20.5 Å². The molecular weight excluding hydrogens is 498 g/mol. The van der Waals surface area contributed by atoms with E-state index >= 15 is 0 Å². The average Bonchev–Trinajstić information content (AvgIpc) is 3.63. The van der Waals surface area contributed by atoms with E-state index in [1.165, 1.54) is 23.1 Å². The van der Waals surface area contributed by atoms with E-state index in [0.717, 1.165) is 27.4 Å². The Kier molecular flexibility index (Phi) is 7.19. The largest absolute Gasteiger partial charge is 0.494 e. The van der Waals surface area contributed by atoms with Crippen molar-refractivity contribution in [2.24, 2.45) is 0 Å². The van der Waals surface area contributed by atoms with Gasteiger partial charge in [0, 0.05) is 0 Å². The zero-order valence-electron chi connectivity index (χ0n) is 19.6. The maximum atomic E-state index is 12.7. The maximum Gasteiger partial charge on any atom is 0.236 e. The third-order valence-electron chi connectivity index (χ3n) is 5.03. The molecule has 5 aromatic rings. The molecule has 9 nitrogen and oxygen atoms in total.